The number of alkyl halides is 1. The molecule has 0 N–H and O–H groups in total. The molecule has 0 spiro atoms. The van der Waals surface area contributed by atoms with E-state index in [1.807, 2.05) is 13.0 Å². The summed E-state index contributed by atoms with van der Waals surface area (Å²) in [6.07, 6.45) is 0. The molecule has 2 atom stereocenters. The molecule has 0 aliphatic heterocycles. The highest BCUT2D eigenvalue weighted by atomic mass is 35.5. The van der Waals surface area contributed by atoms with Gasteiger partial charge < -0.3 is 4.57 Å². The summed E-state index contributed by atoms with van der Waals surface area (Å²) in [4.78, 5) is 4.54. The lowest BCUT2D eigenvalue weighted by Crippen LogP contribution is -2.23. The van der Waals surface area contributed by atoms with Crippen LogP contribution in [0.5, 0.6) is 0 Å². The van der Waals surface area contributed by atoms with Gasteiger partial charge in [0.2, 0.25) is 0 Å². The standard InChI is InChI=1S/C16H22ClFN2/c1-9-7-14-13(8-12(9)18)19-15(10(2)17)20(14)11(3)16(4,5)6/h7-8,10-11H,1-6H3. The second-order valence-electron chi connectivity index (χ2n) is 6.59. The molecular formula is C16H22ClFN2. The van der Waals surface area contributed by atoms with Gasteiger partial charge in [-0.2, -0.15) is 0 Å². The Kier molecular flexibility index (Phi) is 3.85. The fourth-order valence-corrected chi connectivity index (χ4v) is 2.47. The van der Waals surface area contributed by atoms with E-state index in [4.69, 9.17) is 11.6 Å². The molecule has 0 bridgehead atoms. The Hall–Kier alpha value is -1.09. The predicted molar refractivity (Wildman–Crippen MR) is 82.9 cm³/mol. The van der Waals surface area contributed by atoms with Crippen LogP contribution >= 0.6 is 11.6 Å². The average molecular weight is 297 g/mol. The summed E-state index contributed by atoms with van der Waals surface area (Å²) in [6, 6.07) is 3.58. The molecule has 4 heteroatoms. The highest BCUT2D eigenvalue weighted by Crippen LogP contribution is 2.37. The highest BCUT2D eigenvalue weighted by Gasteiger charge is 2.27. The zero-order chi connectivity index (χ0) is 15.2. The van der Waals surface area contributed by atoms with Gasteiger partial charge in [-0.1, -0.05) is 20.8 Å². The van der Waals surface area contributed by atoms with Crippen molar-refractivity contribution in [3.8, 4) is 0 Å². The van der Waals surface area contributed by atoms with Gasteiger partial charge in [-0.3, -0.25) is 0 Å². The largest absolute Gasteiger partial charge is 0.323 e. The van der Waals surface area contributed by atoms with Gasteiger partial charge in [0.25, 0.3) is 0 Å². The molecule has 1 aromatic heterocycles. The number of hydrogen-bond acceptors (Lipinski definition) is 1. The predicted octanol–water partition coefficient (Wildman–Crippen LogP) is 5.39. The molecule has 0 radical (unpaired) electrons. The van der Waals surface area contributed by atoms with Crippen molar-refractivity contribution in [1.29, 1.82) is 0 Å². The van der Waals surface area contributed by atoms with Gasteiger partial charge in [0, 0.05) is 12.1 Å². The molecule has 2 nitrogen and oxygen atoms in total. The summed E-state index contributed by atoms with van der Waals surface area (Å²) >= 11 is 6.28. The van der Waals surface area contributed by atoms with E-state index in [9.17, 15) is 4.39 Å². The molecule has 0 amide bonds. The Bertz CT molecular complexity index is 638. The van der Waals surface area contributed by atoms with Crippen molar-refractivity contribution in [3.63, 3.8) is 0 Å². The number of halogens is 2. The molecule has 0 saturated heterocycles. The highest BCUT2D eigenvalue weighted by molar-refractivity contribution is 6.20. The van der Waals surface area contributed by atoms with Crippen molar-refractivity contribution in [1.82, 2.24) is 9.55 Å². The van der Waals surface area contributed by atoms with Crippen LogP contribution in [0, 0.1) is 18.2 Å². The lowest BCUT2D eigenvalue weighted by molar-refractivity contribution is 0.262. The summed E-state index contributed by atoms with van der Waals surface area (Å²) in [5.74, 6) is 0.577. The van der Waals surface area contributed by atoms with Crippen LogP contribution in [0.1, 0.15) is 57.4 Å². The Balaban J connectivity index is 2.78. The molecule has 0 fully saturated rings. The van der Waals surface area contributed by atoms with Crippen molar-refractivity contribution in [2.75, 3.05) is 0 Å². The lowest BCUT2D eigenvalue weighted by atomic mass is 9.87. The number of imidazole rings is 1. The zero-order valence-electron chi connectivity index (χ0n) is 13.0. The molecule has 0 saturated carbocycles. The first kappa shape index (κ1) is 15.3. The van der Waals surface area contributed by atoms with E-state index in [1.165, 1.54) is 6.07 Å². The van der Waals surface area contributed by atoms with Crippen LogP contribution in [0.15, 0.2) is 12.1 Å². The molecule has 2 unspecified atom stereocenters. The maximum absolute atomic E-state index is 13.7. The van der Waals surface area contributed by atoms with Crippen molar-refractivity contribution in [2.45, 2.75) is 53.0 Å². The summed E-state index contributed by atoms with van der Waals surface area (Å²) in [7, 11) is 0. The van der Waals surface area contributed by atoms with E-state index in [-0.39, 0.29) is 22.7 Å². The number of aryl methyl sites for hydroxylation is 1. The Morgan fingerprint density at radius 2 is 1.85 bits per heavy atom. The summed E-state index contributed by atoms with van der Waals surface area (Å²) in [5.41, 5.74) is 2.32. The van der Waals surface area contributed by atoms with E-state index in [0.29, 0.717) is 11.1 Å². The van der Waals surface area contributed by atoms with Gasteiger partial charge in [-0.25, -0.2) is 9.37 Å². The summed E-state index contributed by atoms with van der Waals surface area (Å²) in [5, 5.41) is -0.212. The van der Waals surface area contributed by atoms with Gasteiger partial charge in [0.05, 0.1) is 16.4 Å². The van der Waals surface area contributed by atoms with Crippen molar-refractivity contribution >= 4 is 22.6 Å². The Morgan fingerprint density at radius 3 is 2.35 bits per heavy atom. The van der Waals surface area contributed by atoms with Gasteiger partial charge >= 0.3 is 0 Å². The summed E-state index contributed by atoms with van der Waals surface area (Å²) in [6.45, 7) is 12.4. The molecule has 2 aromatic rings. The third-order valence-electron chi connectivity index (χ3n) is 3.99. The van der Waals surface area contributed by atoms with Crippen LogP contribution in [0.3, 0.4) is 0 Å². The minimum absolute atomic E-state index is 0.0659. The molecule has 1 heterocycles. The Labute approximate surface area is 125 Å². The minimum Gasteiger partial charge on any atom is -0.323 e. The fraction of sp³-hybridized carbons (Fsp3) is 0.562. The van der Waals surface area contributed by atoms with Crippen LogP contribution in [0.25, 0.3) is 11.0 Å². The quantitative estimate of drug-likeness (QED) is 0.679. The first-order valence-electron chi connectivity index (χ1n) is 6.95. The molecular weight excluding hydrogens is 275 g/mol. The SMILES string of the molecule is Cc1cc2c(cc1F)nc(C(C)Cl)n2C(C)C(C)(C)C. The molecule has 20 heavy (non-hydrogen) atoms. The lowest BCUT2D eigenvalue weighted by Gasteiger charge is -2.31. The maximum atomic E-state index is 13.7. The van der Waals surface area contributed by atoms with Crippen LogP contribution in [-0.2, 0) is 0 Å². The molecule has 2 rings (SSSR count). The fourth-order valence-electron chi connectivity index (χ4n) is 2.31. The van der Waals surface area contributed by atoms with Crippen LogP contribution in [0.4, 0.5) is 4.39 Å². The third-order valence-corrected chi connectivity index (χ3v) is 4.19. The molecule has 110 valence electrons. The van der Waals surface area contributed by atoms with Gasteiger partial charge in [-0.15, -0.1) is 11.6 Å². The smallest absolute Gasteiger partial charge is 0.128 e. The first-order chi connectivity index (χ1) is 9.12. The van der Waals surface area contributed by atoms with Crippen molar-refractivity contribution < 1.29 is 4.39 Å². The van der Waals surface area contributed by atoms with Gasteiger partial charge in [0.15, 0.2) is 0 Å². The average Bonchev–Trinajstić information content (AvgIpc) is 2.66. The number of aromatic nitrogens is 2. The number of benzene rings is 1. The maximum Gasteiger partial charge on any atom is 0.128 e. The van der Waals surface area contributed by atoms with Gasteiger partial charge in [0.1, 0.15) is 11.6 Å². The third kappa shape index (κ3) is 2.56. The Morgan fingerprint density at radius 1 is 1.25 bits per heavy atom. The van der Waals surface area contributed by atoms with Crippen LogP contribution in [0.2, 0.25) is 0 Å². The minimum atomic E-state index is -0.223. The van der Waals surface area contributed by atoms with Crippen molar-refractivity contribution in [2.24, 2.45) is 5.41 Å². The van der Waals surface area contributed by atoms with E-state index in [0.717, 1.165) is 11.3 Å². The molecule has 0 aliphatic rings. The second kappa shape index (κ2) is 5.03. The van der Waals surface area contributed by atoms with E-state index < -0.39 is 0 Å². The normalized spacial score (nSPS) is 15.6. The zero-order valence-corrected chi connectivity index (χ0v) is 13.7. The van der Waals surface area contributed by atoms with E-state index in [2.05, 4.69) is 37.2 Å². The first-order valence-corrected chi connectivity index (χ1v) is 7.38. The number of rotatable bonds is 2. The number of nitrogens with zero attached hydrogens (tertiary/aromatic N) is 2. The van der Waals surface area contributed by atoms with E-state index >= 15 is 0 Å². The topological polar surface area (TPSA) is 17.8 Å². The van der Waals surface area contributed by atoms with Gasteiger partial charge in [-0.05, 0) is 37.8 Å². The second-order valence-corrected chi connectivity index (χ2v) is 7.24. The molecule has 0 aliphatic carbocycles. The molecule has 1 aromatic carbocycles. The number of fused-ring (bicyclic) bond motifs is 1. The number of hydrogen-bond donors (Lipinski definition) is 0. The van der Waals surface area contributed by atoms with Crippen molar-refractivity contribution in [3.05, 3.63) is 29.3 Å². The van der Waals surface area contributed by atoms with E-state index in [1.54, 1.807) is 6.92 Å². The monoisotopic (exact) mass is 296 g/mol. The van der Waals surface area contributed by atoms with Crippen LogP contribution < -0.4 is 0 Å². The summed E-state index contributed by atoms with van der Waals surface area (Å²) < 4.78 is 15.9. The van der Waals surface area contributed by atoms with Crippen LogP contribution in [-0.4, -0.2) is 9.55 Å².